The number of allylic oxidation sites excluding steroid dienone is 4. The molecule has 0 aliphatic heterocycles. The molecule has 84 valence electrons. The van der Waals surface area contributed by atoms with Crippen molar-refractivity contribution in [3.63, 3.8) is 0 Å². The summed E-state index contributed by atoms with van der Waals surface area (Å²) in [6.45, 7) is 10.6. The lowest BCUT2D eigenvalue weighted by molar-refractivity contribution is 0.804. The van der Waals surface area contributed by atoms with E-state index in [-0.39, 0.29) is 0 Å². The van der Waals surface area contributed by atoms with Crippen molar-refractivity contribution in [2.24, 2.45) is 4.99 Å². The average Bonchev–Trinajstić information content (AvgIpc) is 2.27. The summed E-state index contributed by atoms with van der Waals surface area (Å²) in [5.74, 6) is 0. The predicted molar refractivity (Wildman–Crippen MR) is 70.6 cm³/mol. The van der Waals surface area contributed by atoms with Crippen molar-refractivity contribution in [1.82, 2.24) is 0 Å². The van der Waals surface area contributed by atoms with E-state index in [2.05, 4.69) is 31.2 Å². The van der Waals surface area contributed by atoms with E-state index in [1.165, 1.54) is 12.8 Å². The fraction of sp³-hybridized carbons (Fsp3) is 0.500. The van der Waals surface area contributed by atoms with Gasteiger partial charge in [0.2, 0.25) is 0 Å². The largest absolute Gasteiger partial charge is 0.298 e. The van der Waals surface area contributed by atoms with Crippen molar-refractivity contribution in [2.45, 2.75) is 39.0 Å². The van der Waals surface area contributed by atoms with Crippen LogP contribution in [0.3, 0.4) is 0 Å². The third-order valence-electron chi connectivity index (χ3n) is 2.16. The minimum atomic E-state index is 0.983. The molecule has 0 aromatic heterocycles. The molecule has 0 amide bonds. The van der Waals surface area contributed by atoms with Crippen LogP contribution in [0.1, 0.15) is 39.0 Å². The van der Waals surface area contributed by atoms with Gasteiger partial charge in [-0.3, -0.25) is 4.99 Å². The first kappa shape index (κ1) is 13.9. The van der Waals surface area contributed by atoms with Gasteiger partial charge in [-0.1, -0.05) is 44.7 Å². The molecule has 0 aliphatic carbocycles. The zero-order valence-electron chi connectivity index (χ0n) is 9.91. The Morgan fingerprint density at radius 3 is 2.47 bits per heavy atom. The third kappa shape index (κ3) is 9.20. The smallest absolute Gasteiger partial charge is 0.0385 e. The van der Waals surface area contributed by atoms with Crippen LogP contribution in [0.5, 0.6) is 0 Å². The van der Waals surface area contributed by atoms with Crippen LogP contribution in [0.2, 0.25) is 0 Å². The molecule has 1 nitrogen and oxygen atoms in total. The topological polar surface area (TPSA) is 12.4 Å². The number of nitrogens with zero attached hydrogens (tertiary/aromatic N) is 1. The standard InChI is InChI=1S/C14H23N/c1-4-7-12-15-13-10-8-9-11-14(5-2)6-3/h5-6,11,13H,2-4,7-10,12H2,1H3. The van der Waals surface area contributed by atoms with Gasteiger partial charge in [0.15, 0.2) is 0 Å². The van der Waals surface area contributed by atoms with Crippen LogP contribution in [0.15, 0.2) is 42.0 Å². The molecule has 0 N–H and O–H groups in total. The van der Waals surface area contributed by atoms with Crippen LogP contribution < -0.4 is 0 Å². The van der Waals surface area contributed by atoms with Gasteiger partial charge in [-0.2, -0.15) is 0 Å². The molecule has 0 aromatic carbocycles. The fourth-order valence-corrected chi connectivity index (χ4v) is 1.16. The highest BCUT2D eigenvalue weighted by Gasteiger charge is 1.85. The quantitative estimate of drug-likeness (QED) is 0.302. The van der Waals surface area contributed by atoms with Crippen LogP contribution in [0.25, 0.3) is 0 Å². The molecule has 0 aromatic rings. The van der Waals surface area contributed by atoms with Gasteiger partial charge < -0.3 is 0 Å². The first-order valence-electron chi connectivity index (χ1n) is 5.78. The lowest BCUT2D eigenvalue weighted by Gasteiger charge is -1.94. The zero-order chi connectivity index (χ0) is 11.4. The Balaban J connectivity index is 3.45. The van der Waals surface area contributed by atoms with E-state index < -0.39 is 0 Å². The van der Waals surface area contributed by atoms with E-state index in [0.29, 0.717) is 0 Å². The van der Waals surface area contributed by atoms with Gasteiger partial charge in [-0.05, 0) is 37.5 Å². The molecular formula is C14H23N. The third-order valence-corrected chi connectivity index (χ3v) is 2.16. The molecule has 0 saturated carbocycles. The summed E-state index contributed by atoms with van der Waals surface area (Å²) < 4.78 is 0. The van der Waals surface area contributed by atoms with E-state index in [1.807, 2.05) is 18.4 Å². The lowest BCUT2D eigenvalue weighted by atomic mass is 10.1. The minimum absolute atomic E-state index is 0.983. The summed E-state index contributed by atoms with van der Waals surface area (Å²) in [6, 6.07) is 0. The van der Waals surface area contributed by atoms with Crippen molar-refractivity contribution < 1.29 is 0 Å². The van der Waals surface area contributed by atoms with E-state index in [1.54, 1.807) is 0 Å². The summed E-state index contributed by atoms with van der Waals surface area (Å²) in [5, 5.41) is 0. The Bertz CT molecular complexity index is 213. The SMILES string of the molecule is C=CC(C=C)=CCCCC=NCCCC. The molecule has 0 spiro atoms. The molecule has 0 unspecified atom stereocenters. The Morgan fingerprint density at radius 1 is 1.13 bits per heavy atom. The van der Waals surface area contributed by atoms with Crippen molar-refractivity contribution in [3.05, 3.63) is 37.0 Å². The molecule has 15 heavy (non-hydrogen) atoms. The summed E-state index contributed by atoms with van der Waals surface area (Å²) in [4.78, 5) is 4.33. The van der Waals surface area contributed by atoms with Crippen LogP contribution in [-0.2, 0) is 0 Å². The number of hydrogen-bond acceptors (Lipinski definition) is 1. The van der Waals surface area contributed by atoms with Gasteiger partial charge in [-0.25, -0.2) is 0 Å². The van der Waals surface area contributed by atoms with Crippen molar-refractivity contribution in [3.8, 4) is 0 Å². The van der Waals surface area contributed by atoms with Gasteiger partial charge in [-0.15, -0.1) is 0 Å². The normalized spacial score (nSPS) is 10.2. The second-order valence-corrected chi connectivity index (χ2v) is 3.49. The molecule has 1 heteroatoms. The second-order valence-electron chi connectivity index (χ2n) is 3.49. The minimum Gasteiger partial charge on any atom is -0.298 e. The van der Waals surface area contributed by atoms with Crippen molar-refractivity contribution >= 4 is 6.21 Å². The first-order valence-corrected chi connectivity index (χ1v) is 5.78. The lowest BCUT2D eigenvalue weighted by Crippen LogP contribution is -1.82. The Labute approximate surface area is 94.3 Å². The fourth-order valence-electron chi connectivity index (χ4n) is 1.16. The van der Waals surface area contributed by atoms with Gasteiger partial charge >= 0.3 is 0 Å². The van der Waals surface area contributed by atoms with Crippen LogP contribution in [0, 0.1) is 0 Å². The highest BCUT2D eigenvalue weighted by atomic mass is 14.7. The maximum Gasteiger partial charge on any atom is 0.0385 e. The molecule has 0 aliphatic rings. The molecule has 0 saturated heterocycles. The molecule has 0 fully saturated rings. The average molecular weight is 205 g/mol. The Hall–Kier alpha value is -1.11. The zero-order valence-corrected chi connectivity index (χ0v) is 9.91. The second kappa shape index (κ2) is 11.0. The number of aliphatic imine (C=N–C) groups is 1. The molecule has 0 heterocycles. The van der Waals surface area contributed by atoms with Gasteiger partial charge in [0, 0.05) is 6.54 Å². The van der Waals surface area contributed by atoms with E-state index in [0.717, 1.165) is 31.4 Å². The maximum atomic E-state index is 4.33. The van der Waals surface area contributed by atoms with E-state index in [4.69, 9.17) is 0 Å². The first-order chi connectivity index (χ1) is 7.35. The number of hydrogen-bond donors (Lipinski definition) is 0. The van der Waals surface area contributed by atoms with Crippen molar-refractivity contribution in [1.29, 1.82) is 0 Å². The van der Waals surface area contributed by atoms with E-state index >= 15 is 0 Å². The van der Waals surface area contributed by atoms with Gasteiger partial charge in [0.1, 0.15) is 0 Å². The van der Waals surface area contributed by atoms with Gasteiger partial charge in [0.05, 0.1) is 0 Å². The summed E-state index contributed by atoms with van der Waals surface area (Å²) in [5.41, 5.74) is 1.12. The predicted octanol–water partition coefficient (Wildman–Crippen LogP) is 4.33. The Kier molecular flexibility index (Phi) is 10.2. The number of unbranched alkanes of at least 4 members (excludes halogenated alkanes) is 3. The monoisotopic (exact) mass is 205 g/mol. The highest BCUT2D eigenvalue weighted by molar-refractivity contribution is 5.56. The molecule has 0 bridgehead atoms. The maximum absolute atomic E-state index is 4.33. The molecule has 0 atom stereocenters. The molecular weight excluding hydrogens is 182 g/mol. The highest BCUT2D eigenvalue weighted by Crippen LogP contribution is 2.02. The summed E-state index contributed by atoms with van der Waals surface area (Å²) in [7, 11) is 0. The molecule has 0 radical (unpaired) electrons. The number of rotatable bonds is 9. The molecule has 0 rings (SSSR count). The van der Waals surface area contributed by atoms with Crippen LogP contribution in [-0.4, -0.2) is 12.8 Å². The van der Waals surface area contributed by atoms with E-state index in [9.17, 15) is 0 Å². The van der Waals surface area contributed by atoms with Crippen molar-refractivity contribution in [2.75, 3.05) is 6.54 Å². The summed E-state index contributed by atoms with van der Waals surface area (Å²) in [6.07, 6.45) is 13.6. The van der Waals surface area contributed by atoms with Crippen LogP contribution in [0.4, 0.5) is 0 Å². The van der Waals surface area contributed by atoms with Crippen LogP contribution >= 0.6 is 0 Å². The Morgan fingerprint density at radius 2 is 1.87 bits per heavy atom. The summed E-state index contributed by atoms with van der Waals surface area (Å²) >= 11 is 0. The van der Waals surface area contributed by atoms with Gasteiger partial charge in [0.25, 0.3) is 0 Å².